The number of nitrogens with one attached hydrogen (secondary N) is 1. The first kappa shape index (κ1) is 12.1. The van der Waals surface area contributed by atoms with Gasteiger partial charge in [-0.15, -0.1) is 0 Å². The molecule has 3 N–H and O–H groups in total. The molecule has 0 fully saturated rings. The van der Waals surface area contributed by atoms with Crippen LogP contribution in [0.2, 0.25) is 10.0 Å². The molecule has 0 aromatic heterocycles. The van der Waals surface area contributed by atoms with Gasteiger partial charge in [0.15, 0.2) is 11.5 Å². The summed E-state index contributed by atoms with van der Waals surface area (Å²) in [7, 11) is 0. The molecule has 7 heteroatoms. The summed E-state index contributed by atoms with van der Waals surface area (Å²) < 4.78 is 13.4. The van der Waals surface area contributed by atoms with Crippen LogP contribution in [0.4, 0.5) is 4.39 Å². The van der Waals surface area contributed by atoms with Crippen LogP contribution in [0.15, 0.2) is 17.1 Å². The van der Waals surface area contributed by atoms with Crippen LogP contribution < -0.4 is 11.1 Å². The van der Waals surface area contributed by atoms with E-state index in [9.17, 15) is 9.18 Å². The van der Waals surface area contributed by atoms with Crippen molar-refractivity contribution in [3.8, 4) is 0 Å². The Labute approximate surface area is 107 Å². The van der Waals surface area contributed by atoms with Crippen molar-refractivity contribution in [3.63, 3.8) is 0 Å². The Balaban J connectivity index is 2.62. The van der Waals surface area contributed by atoms with Crippen LogP contribution in [-0.4, -0.2) is 11.9 Å². The van der Waals surface area contributed by atoms with E-state index in [-0.39, 0.29) is 21.6 Å². The zero-order valence-electron chi connectivity index (χ0n) is 8.72. The maximum Gasteiger partial charge on any atom is 0.259 e. The van der Waals surface area contributed by atoms with Gasteiger partial charge in [0.2, 0.25) is 0 Å². The van der Waals surface area contributed by atoms with Gasteiger partial charge in [0.1, 0.15) is 5.82 Å². The van der Waals surface area contributed by atoms with Crippen molar-refractivity contribution in [1.29, 1.82) is 0 Å². The van der Waals surface area contributed by atoms with Crippen LogP contribution in [0.3, 0.4) is 0 Å². The molecule has 0 aliphatic carbocycles. The summed E-state index contributed by atoms with van der Waals surface area (Å²) in [4.78, 5) is 15.7. The molecule has 1 amide bonds. The second-order valence-electron chi connectivity index (χ2n) is 3.77. The minimum absolute atomic E-state index is 0.0241. The Morgan fingerprint density at radius 1 is 1.41 bits per heavy atom. The second kappa shape index (κ2) is 3.85. The number of nitrogens with two attached hydrogens (primary N) is 1. The molecule has 17 heavy (non-hydrogen) atoms. The molecule has 1 aromatic rings. The van der Waals surface area contributed by atoms with Gasteiger partial charge < -0.3 is 5.73 Å². The van der Waals surface area contributed by atoms with Crippen LogP contribution in [0.25, 0.3) is 0 Å². The highest BCUT2D eigenvalue weighted by molar-refractivity contribution is 6.35. The number of halogens is 3. The van der Waals surface area contributed by atoms with Gasteiger partial charge in [-0.2, -0.15) is 0 Å². The molecule has 2 rings (SSSR count). The normalized spacial score (nSPS) is 23.5. The molecule has 4 nitrogen and oxygen atoms in total. The average molecular weight is 276 g/mol. The monoisotopic (exact) mass is 275 g/mol. The van der Waals surface area contributed by atoms with Gasteiger partial charge >= 0.3 is 0 Å². The summed E-state index contributed by atoms with van der Waals surface area (Å²) in [6, 6.07) is 2.32. The van der Waals surface area contributed by atoms with Crippen molar-refractivity contribution < 1.29 is 9.18 Å². The standard InChI is InChI=1S/C10H8Cl2FN3O/c1-10(8(17)15-9(14)16-10)4-2-7(13)6(12)3-5(4)11/h2-3H,1H3,(H3,14,15,16,17). The molecule has 0 radical (unpaired) electrons. The van der Waals surface area contributed by atoms with Gasteiger partial charge in [0.05, 0.1) is 5.02 Å². The number of carbonyl (C=O) groups excluding carboxylic acids is 1. The van der Waals surface area contributed by atoms with Crippen molar-refractivity contribution in [2.75, 3.05) is 0 Å². The van der Waals surface area contributed by atoms with Crippen LogP contribution in [0, 0.1) is 5.82 Å². The molecular formula is C10H8Cl2FN3O. The number of aliphatic imine (C=N–C) groups is 1. The third-order valence-electron chi connectivity index (χ3n) is 2.56. The minimum atomic E-state index is -1.33. The first-order valence-electron chi connectivity index (χ1n) is 4.66. The van der Waals surface area contributed by atoms with Gasteiger partial charge in [0, 0.05) is 10.6 Å². The Kier molecular flexibility index (Phi) is 2.75. The number of hydrogen-bond acceptors (Lipinski definition) is 3. The number of hydrogen-bond donors (Lipinski definition) is 2. The first-order valence-corrected chi connectivity index (χ1v) is 5.42. The molecule has 1 atom stereocenters. The lowest BCUT2D eigenvalue weighted by Crippen LogP contribution is -2.37. The second-order valence-corrected chi connectivity index (χ2v) is 4.58. The van der Waals surface area contributed by atoms with Crippen LogP contribution in [-0.2, 0) is 10.3 Å². The molecule has 1 unspecified atom stereocenters. The van der Waals surface area contributed by atoms with Crippen LogP contribution in [0.1, 0.15) is 12.5 Å². The van der Waals surface area contributed by atoms with Gasteiger partial charge in [-0.25, -0.2) is 9.38 Å². The fourth-order valence-electron chi connectivity index (χ4n) is 1.64. The Morgan fingerprint density at radius 2 is 2.06 bits per heavy atom. The third kappa shape index (κ3) is 1.85. The van der Waals surface area contributed by atoms with Gasteiger partial charge in [0.25, 0.3) is 5.91 Å². The van der Waals surface area contributed by atoms with Crippen molar-refractivity contribution in [2.45, 2.75) is 12.5 Å². The highest BCUT2D eigenvalue weighted by Crippen LogP contribution is 2.36. The summed E-state index contributed by atoms with van der Waals surface area (Å²) >= 11 is 11.5. The lowest BCUT2D eigenvalue weighted by molar-refractivity contribution is -0.123. The van der Waals surface area contributed by atoms with E-state index in [4.69, 9.17) is 28.9 Å². The molecule has 1 aliphatic heterocycles. The number of amides is 1. The Hall–Kier alpha value is -1.33. The third-order valence-corrected chi connectivity index (χ3v) is 3.16. The van der Waals surface area contributed by atoms with Gasteiger partial charge in [-0.05, 0) is 19.1 Å². The predicted octanol–water partition coefficient (Wildman–Crippen LogP) is 1.79. The lowest BCUT2D eigenvalue weighted by atomic mass is 9.92. The molecule has 0 bridgehead atoms. The van der Waals surface area contributed by atoms with Crippen molar-refractivity contribution in [3.05, 3.63) is 33.6 Å². The Bertz CT molecular complexity index is 547. The first-order chi connectivity index (χ1) is 7.84. The van der Waals surface area contributed by atoms with Crippen molar-refractivity contribution in [1.82, 2.24) is 5.32 Å². The Morgan fingerprint density at radius 3 is 2.59 bits per heavy atom. The molecule has 0 saturated carbocycles. The largest absolute Gasteiger partial charge is 0.370 e. The molecule has 90 valence electrons. The molecular weight excluding hydrogens is 268 g/mol. The van der Waals surface area contributed by atoms with E-state index >= 15 is 0 Å². The van der Waals surface area contributed by atoms with E-state index in [1.807, 2.05) is 0 Å². The van der Waals surface area contributed by atoms with E-state index in [2.05, 4.69) is 10.3 Å². The highest BCUT2D eigenvalue weighted by Gasteiger charge is 2.42. The number of benzene rings is 1. The average Bonchev–Trinajstić information content (AvgIpc) is 2.47. The number of carbonyl (C=O) groups is 1. The number of guanidine groups is 1. The fraction of sp³-hybridized carbons (Fsp3) is 0.200. The smallest absolute Gasteiger partial charge is 0.259 e. The lowest BCUT2D eigenvalue weighted by Gasteiger charge is -2.19. The van der Waals surface area contributed by atoms with Gasteiger partial charge in [-0.3, -0.25) is 10.1 Å². The predicted molar refractivity (Wildman–Crippen MR) is 63.5 cm³/mol. The molecule has 0 spiro atoms. The quantitative estimate of drug-likeness (QED) is 0.768. The minimum Gasteiger partial charge on any atom is -0.370 e. The van der Waals surface area contributed by atoms with Crippen molar-refractivity contribution >= 4 is 35.1 Å². The van der Waals surface area contributed by atoms with E-state index in [0.29, 0.717) is 0 Å². The molecule has 0 saturated heterocycles. The maximum absolute atomic E-state index is 13.4. The van der Waals surface area contributed by atoms with E-state index in [1.54, 1.807) is 0 Å². The topological polar surface area (TPSA) is 67.5 Å². The van der Waals surface area contributed by atoms with Crippen LogP contribution in [0.5, 0.6) is 0 Å². The van der Waals surface area contributed by atoms with Gasteiger partial charge in [-0.1, -0.05) is 23.2 Å². The summed E-state index contributed by atoms with van der Waals surface area (Å²) in [5.41, 5.74) is 4.31. The zero-order valence-corrected chi connectivity index (χ0v) is 10.2. The molecule has 1 heterocycles. The maximum atomic E-state index is 13.4. The summed E-state index contributed by atoms with van der Waals surface area (Å²) in [6.07, 6.45) is 0. The number of rotatable bonds is 1. The van der Waals surface area contributed by atoms with Crippen molar-refractivity contribution in [2.24, 2.45) is 10.7 Å². The van der Waals surface area contributed by atoms with Crippen LogP contribution >= 0.6 is 23.2 Å². The summed E-state index contributed by atoms with van der Waals surface area (Å²) in [5.74, 6) is -1.15. The number of nitrogens with zero attached hydrogens (tertiary/aromatic N) is 1. The highest BCUT2D eigenvalue weighted by atomic mass is 35.5. The summed E-state index contributed by atoms with van der Waals surface area (Å²) in [6.45, 7) is 1.50. The van der Waals surface area contributed by atoms with E-state index in [0.717, 1.165) is 6.07 Å². The zero-order chi connectivity index (χ0) is 12.8. The van der Waals surface area contributed by atoms with E-state index in [1.165, 1.54) is 13.0 Å². The molecule has 1 aliphatic rings. The van der Waals surface area contributed by atoms with E-state index < -0.39 is 17.3 Å². The fourth-order valence-corrected chi connectivity index (χ4v) is 2.20. The SMILES string of the molecule is CC1(c2cc(F)c(Cl)cc2Cl)N=C(N)NC1=O. The molecule has 1 aromatic carbocycles. The summed E-state index contributed by atoms with van der Waals surface area (Å²) in [5, 5.41) is 2.39.